The van der Waals surface area contributed by atoms with Crippen molar-refractivity contribution in [2.45, 2.75) is 38.3 Å². The Morgan fingerprint density at radius 3 is 2.58 bits per heavy atom. The van der Waals surface area contributed by atoms with E-state index in [4.69, 9.17) is 10.5 Å². The first-order chi connectivity index (χ1) is 15.7. The average molecular weight is 450 g/mol. The number of anilines is 2. The van der Waals surface area contributed by atoms with E-state index in [0.29, 0.717) is 22.5 Å². The third-order valence-electron chi connectivity index (χ3n) is 6.11. The summed E-state index contributed by atoms with van der Waals surface area (Å²) >= 11 is 0. The molecule has 0 aromatic heterocycles. The minimum Gasteiger partial charge on any atom is -0.462 e. The molecule has 5 N–H and O–H groups in total. The zero-order chi connectivity index (χ0) is 23.8. The van der Waals surface area contributed by atoms with Crippen LogP contribution in [-0.2, 0) is 24.7 Å². The van der Waals surface area contributed by atoms with E-state index in [1.165, 1.54) is 0 Å². The Balaban J connectivity index is 1.64. The molecule has 3 atom stereocenters. The number of carbonyl (C=O) groups is 4. The molecule has 0 unspecified atom stereocenters. The van der Waals surface area contributed by atoms with E-state index >= 15 is 0 Å². The van der Waals surface area contributed by atoms with Gasteiger partial charge in [0.05, 0.1) is 18.1 Å². The maximum absolute atomic E-state index is 13.4. The predicted octanol–water partition coefficient (Wildman–Crippen LogP) is 1.81. The van der Waals surface area contributed by atoms with Gasteiger partial charge in [0, 0.05) is 29.4 Å². The number of nitrogens with one attached hydrogen (secondary N) is 3. The number of benzene rings is 2. The molecule has 2 heterocycles. The standard InChI is InChI=1S/C24H26N4O5/c1-3-33-22(31)14-5-7-15(8-6-14)26-21(30)18-11-16(12-20(25)29)28-24(18)17-10-13(2)4-9-19(17)27-23(24)32/h4-10,16,18,28H,3,11-12H2,1-2H3,(H2,25,29)(H,26,30)(H,27,32)/t16-,18+,24-/m1/s1. The molecule has 4 rings (SSSR count). The molecule has 2 aromatic rings. The number of aryl methyl sites for hydroxylation is 1. The van der Waals surface area contributed by atoms with Gasteiger partial charge in [-0.3, -0.25) is 19.7 Å². The largest absolute Gasteiger partial charge is 0.462 e. The fourth-order valence-corrected chi connectivity index (χ4v) is 4.68. The molecule has 0 aliphatic carbocycles. The first-order valence-corrected chi connectivity index (χ1v) is 10.8. The van der Waals surface area contributed by atoms with Crippen LogP contribution in [-0.4, -0.2) is 36.3 Å². The predicted molar refractivity (Wildman–Crippen MR) is 121 cm³/mol. The SMILES string of the molecule is CCOC(=O)c1ccc(NC(=O)[C@@H]2C[C@H](CC(N)=O)N[C@@]23C(=O)Nc2ccc(C)cc23)cc1. The third kappa shape index (κ3) is 4.07. The molecule has 1 fully saturated rings. The summed E-state index contributed by atoms with van der Waals surface area (Å²) in [4.78, 5) is 50.1. The molecule has 3 amide bonds. The van der Waals surface area contributed by atoms with E-state index < -0.39 is 29.4 Å². The summed E-state index contributed by atoms with van der Waals surface area (Å²) in [6, 6.07) is 11.5. The smallest absolute Gasteiger partial charge is 0.338 e. The zero-order valence-corrected chi connectivity index (χ0v) is 18.4. The van der Waals surface area contributed by atoms with Gasteiger partial charge >= 0.3 is 5.97 Å². The van der Waals surface area contributed by atoms with Crippen molar-refractivity contribution in [2.24, 2.45) is 11.7 Å². The maximum atomic E-state index is 13.4. The normalized spacial score (nSPS) is 23.2. The molecular weight excluding hydrogens is 424 g/mol. The summed E-state index contributed by atoms with van der Waals surface area (Å²) in [5, 5.41) is 8.96. The van der Waals surface area contributed by atoms with Gasteiger partial charge in [0.15, 0.2) is 0 Å². The van der Waals surface area contributed by atoms with Crippen LogP contribution < -0.4 is 21.7 Å². The Labute approximate surface area is 191 Å². The zero-order valence-electron chi connectivity index (χ0n) is 18.4. The van der Waals surface area contributed by atoms with Gasteiger partial charge in [-0.05, 0) is 50.6 Å². The van der Waals surface area contributed by atoms with Crippen molar-refractivity contribution in [3.05, 3.63) is 59.2 Å². The second kappa shape index (κ2) is 8.67. The summed E-state index contributed by atoms with van der Waals surface area (Å²) in [7, 11) is 0. The minimum atomic E-state index is -1.31. The topological polar surface area (TPSA) is 140 Å². The first-order valence-electron chi connectivity index (χ1n) is 10.8. The van der Waals surface area contributed by atoms with Gasteiger partial charge < -0.3 is 21.1 Å². The van der Waals surface area contributed by atoms with Crippen LogP contribution in [0.25, 0.3) is 0 Å². The van der Waals surface area contributed by atoms with Crippen LogP contribution in [0.15, 0.2) is 42.5 Å². The quantitative estimate of drug-likeness (QED) is 0.495. The molecule has 9 nitrogen and oxygen atoms in total. The highest BCUT2D eigenvalue weighted by atomic mass is 16.5. The molecule has 1 saturated heterocycles. The van der Waals surface area contributed by atoms with E-state index in [9.17, 15) is 19.2 Å². The van der Waals surface area contributed by atoms with E-state index in [2.05, 4.69) is 16.0 Å². The van der Waals surface area contributed by atoms with Gasteiger partial charge in [-0.2, -0.15) is 0 Å². The Kier molecular flexibility index (Phi) is 5.90. The highest BCUT2D eigenvalue weighted by molar-refractivity contribution is 6.10. The van der Waals surface area contributed by atoms with Crippen molar-refractivity contribution in [1.29, 1.82) is 0 Å². The highest BCUT2D eigenvalue weighted by Gasteiger charge is 2.60. The number of carbonyl (C=O) groups excluding carboxylic acids is 4. The molecule has 1 spiro atoms. The first kappa shape index (κ1) is 22.5. The number of ether oxygens (including phenoxy) is 1. The fourth-order valence-electron chi connectivity index (χ4n) is 4.68. The molecule has 0 bridgehead atoms. The lowest BCUT2D eigenvalue weighted by Gasteiger charge is -2.29. The van der Waals surface area contributed by atoms with Gasteiger partial charge in [0.25, 0.3) is 0 Å². The van der Waals surface area contributed by atoms with Crippen LogP contribution in [0.3, 0.4) is 0 Å². The Morgan fingerprint density at radius 1 is 1.18 bits per heavy atom. The summed E-state index contributed by atoms with van der Waals surface area (Å²) in [5.74, 6) is -2.45. The molecule has 172 valence electrons. The number of esters is 1. The van der Waals surface area contributed by atoms with Gasteiger partial charge in [-0.15, -0.1) is 0 Å². The number of primary amides is 1. The van der Waals surface area contributed by atoms with Gasteiger partial charge in [0.1, 0.15) is 5.54 Å². The number of rotatable bonds is 6. The van der Waals surface area contributed by atoms with Crippen LogP contribution in [0.1, 0.15) is 41.3 Å². The van der Waals surface area contributed by atoms with Gasteiger partial charge in [-0.1, -0.05) is 17.7 Å². The van der Waals surface area contributed by atoms with E-state index in [1.807, 2.05) is 25.1 Å². The lowest BCUT2D eigenvalue weighted by Crippen LogP contribution is -2.52. The van der Waals surface area contributed by atoms with E-state index in [0.717, 1.165) is 5.56 Å². The second-order valence-corrected chi connectivity index (χ2v) is 8.40. The van der Waals surface area contributed by atoms with Crippen molar-refractivity contribution in [3.63, 3.8) is 0 Å². The molecule has 9 heteroatoms. The summed E-state index contributed by atoms with van der Waals surface area (Å²) < 4.78 is 4.97. The fraction of sp³-hybridized carbons (Fsp3) is 0.333. The van der Waals surface area contributed by atoms with Crippen LogP contribution in [0.5, 0.6) is 0 Å². The van der Waals surface area contributed by atoms with E-state index in [-0.39, 0.29) is 31.3 Å². The van der Waals surface area contributed by atoms with Crippen molar-refractivity contribution >= 4 is 35.1 Å². The van der Waals surface area contributed by atoms with Crippen molar-refractivity contribution in [1.82, 2.24) is 5.32 Å². The Bertz CT molecular complexity index is 1130. The number of fused-ring (bicyclic) bond motifs is 2. The molecule has 33 heavy (non-hydrogen) atoms. The van der Waals surface area contributed by atoms with Crippen LogP contribution in [0, 0.1) is 12.8 Å². The summed E-state index contributed by atoms with van der Waals surface area (Å²) in [6.45, 7) is 3.90. The van der Waals surface area contributed by atoms with Crippen LogP contribution >= 0.6 is 0 Å². The lowest BCUT2D eigenvalue weighted by molar-refractivity contribution is -0.130. The molecule has 2 aliphatic rings. The molecule has 0 radical (unpaired) electrons. The average Bonchev–Trinajstić information content (AvgIpc) is 3.27. The summed E-state index contributed by atoms with van der Waals surface area (Å²) in [6.07, 6.45) is 0.269. The van der Waals surface area contributed by atoms with Gasteiger partial charge in [0.2, 0.25) is 17.7 Å². The number of amides is 3. The maximum Gasteiger partial charge on any atom is 0.338 e. The monoisotopic (exact) mass is 450 g/mol. The number of hydrogen-bond acceptors (Lipinski definition) is 6. The molecule has 0 saturated carbocycles. The molecule has 2 aromatic carbocycles. The lowest BCUT2D eigenvalue weighted by atomic mass is 9.79. The number of nitrogens with two attached hydrogens (primary N) is 1. The minimum absolute atomic E-state index is 0.00813. The Morgan fingerprint density at radius 2 is 1.91 bits per heavy atom. The van der Waals surface area contributed by atoms with Crippen LogP contribution in [0.2, 0.25) is 0 Å². The highest BCUT2D eigenvalue weighted by Crippen LogP contribution is 2.48. The molecule has 2 aliphatic heterocycles. The Hall–Kier alpha value is -3.72. The second-order valence-electron chi connectivity index (χ2n) is 8.40. The number of hydrogen-bond donors (Lipinski definition) is 4. The summed E-state index contributed by atoms with van der Waals surface area (Å²) in [5.41, 5.74) is 7.19. The van der Waals surface area contributed by atoms with Crippen molar-refractivity contribution in [2.75, 3.05) is 17.2 Å². The van der Waals surface area contributed by atoms with Crippen LogP contribution in [0.4, 0.5) is 11.4 Å². The molecular formula is C24H26N4O5. The van der Waals surface area contributed by atoms with Gasteiger partial charge in [-0.25, -0.2) is 4.79 Å². The van der Waals surface area contributed by atoms with Crippen molar-refractivity contribution < 1.29 is 23.9 Å². The van der Waals surface area contributed by atoms with E-state index in [1.54, 1.807) is 31.2 Å². The van der Waals surface area contributed by atoms with Crippen molar-refractivity contribution in [3.8, 4) is 0 Å². The third-order valence-corrected chi connectivity index (χ3v) is 6.11.